The van der Waals surface area contributed by atoms with Crippen LogP contribution in [-0.4, -0.2) is 42.0 Å². The van der Waals surface area contributed by atoms with Gasteiger partial charge in [0, 0.05) is 18.3 Å². The van der Waals surface area contributed by atoms with Gasteiger partial charge < -0.3 is 24.8 Å². The van der Waals surface area contributed by atoms with Crippen molar-refractivity contribution < 1.29 is 14.2 Å². The molecule has 144 valence electrons. The van der Waals surface area contributed by atoms with Gasteiger partial charge in [0.05, 0.1) is 13.3 Å². The highest BCUT2D eigenvalue weighted by atomic mass is 16.6. The van der Waals surface area contributed by atoms with Gasteiger partial charge in [-0.2, -0.15) is 10.1 Å². The van der Waals surface area contributed by atoms with E-state index in [1.807, 2.05) is 42.5 Å². The van der Waals surface area contributed by atoms with Crippen molar-refractivity contribution in [3.63, 3.8) is 0 Å². The van der Waals surface area contributed by atoms with Crippen LogP contribution in [0.5, 0.6) is 17.2 Å². The molecule has 2 N–H and O–H groups in total. The Bertz CT molecular complexity index is 933. The molecule has 0 amide bonds. The van der Waals surface area contributed by atoms with Gasteiger partial charge in [-0.1, -0.05) is 12.1 Å². The number of ether oxygens (including phenoxy) is 3. The molecule has 2 aromatic carbocycles. The van der Waals surface area contributed by atoms with E-state index in [9.17, 15) is 0 Å². The number of hydrogen-bond acceptors (Lipinski definition) is 8. The smallest absolute Gasteiger partial charge is 0.249 e. The molecular weight excluding hydrogens is 358 g/mol. The molecule has 4 rings (SSSR count). The van der Waals surface area contributed by atoms with Crippen molar-refractivity contribution in [2.24, 2.45) is 0 Å². The third-order valence-corrected chi connectivity index (χ3v) is 4.24. The zero-order valence-electron chi connectivity index (χ0n) is 15.5. The van der Waals surface area contributed by atoms with Crippen LogP contribution in [0.2, 0.25) is 0 Å². The average molecular weight is 379 g/mol. The molecule has 28 heavy (non-hydrogen) atoms. The van der Waals surface area contributed by atoms with Gasteiger partial charge >= 0.3 is 0 Å². The predicted octanol–water partition coefficient (Wildman–Crippen LogP) is 3.05. The van der Waals surface area contributed by atoms with Crippen LogP contribution in [0.15, 0.2) is 48.7 Å². The lowest BCUT2D eigenvalue weighted by Crippen LogP contribution is -2.15. The molecule has 0 atom stereocenters. The van der Waals surface area contributed by atoms with Gasteiger partial charge in [0.15, 0.2) is 17.3 Å². The van der Waals surface area contributed by atoms with E-state index in [2.05, 4.69) is 25.8 Å². The zero-order chi connectivity index (χ0) is 19.2. The van der Waals surface area contributed by atoms with Crippen LogP contribution in [0.25, 0.3) is 0 Å². The summed E-state index contributed by atoms with van der Waals surface area (Å²) in [5.74, 6) is 3.36. The van der Waals surface area contributed by atoms with E-state index in [1.165, 1.54) is 5.56 Å². The van der Waals surface area contributed by atoms with Crippen LogP contribution in [0.4, 0.5) is 17.5 Å². The maximum Gasteiger partial charge on any atom is 0.249 e. The molecule has 1 aliphatic rings. The third kappa shape index (κ3) is 4.40. The average Bonchev–Trinajstić information content (AvgIpc) is 2.74. The molecule has 2 heterocycles. The number of methoxy groups -OCH3 is 1. The lowest BCUT2D eigenvalue weighted by Gasteiger charge is -2.19. The number of anilines is 3. The summed E-state index contributed by atoms with van der Waals surface area (Å²) in [6, 6.07) is 13.6. The van der Waals surface area contributed by atoms with Crippen molar-refractivity contribution in [3.8, 4) is 17.2 Å². The summed E-state index contributed by atoms with van der Waals surface area (Å²) >= 11 is 0. The zero-order valence-corrected chi connectivity index (χ0v) is 15.5. The summed E-state index contributed by atoms with van der Waals surface area (Å²) < 4.78 is 16.3. The number of rotatable bonds is 7. The first kappa shape index (κ1) is 17.8. The Kier molecular flexibility index (Phi) is 5.37. The molecule has 0 aliphatic carbocycles. The van der Waals surface area contributed by atoms with Gasteiger partial charge in [-0.05, 0) is 36.2 Å². The van der Waals surface area contributed by atoms with Crippen molar-refractivity contribution in [1.82, 2.24) is 15.2 Å². The fourth-order valence-corrected chi connectivity index (χ4v) is 2.82. The van der Waals surface area contributed by atoms with E-state index in [4.69, 9.17) is 14.2 Å². The van der Waals surface area contributed by atoms with Crippen molar-refractivity contribution in [2.75, 3.05) is 37.5 Å². The van der Waals surface area contributed by atoms with Crippen LogP contribution < -0.4 is 24.8 Å². The van der Waals surface area contributed by atoms with Crippen molar-refractivity contribution in [1.29, 1.82) is 0 Å². The Hall–Kier alpha value is -3.55. The second-order valence-corrected chi connectivity index (χ2v) is 6.17. The molecule has 0 saturated carbocycles. The summed E-state index contributed by atoms with van der Waals surface area (Å²) in [6.45, 7) is 1.84. The first-order chi connectivity index (χ1) is 13.8. The number of hydrogen-bond donors (Lipinski definition) is 2. The number of benzene rings is 2. The van der Waals surface area contributed by atoms with E-state index < -0.39 is 0 Å². The highest BCUT2D eigenvalue weighted by molar-refractivity contribution is 5.60. The van der Waals surface area contributed by atoms with Gasteiger partial charge in [-0.3, -0.25) is 0 Å². The maximum atomic E-state index is 5.59. The third-order valence-electron chi connectivity index (χ3n) is 4.24. The minimum atomic E-state index is 0.408. The fraction of sp³-hybridized carbons (Fsp3) is 0.250. The molecule has 0 fully saturated rings. The molecule has 1 aliphatic heterocycles. The quantitative estimate of drug-likeness (QED) is 0.647. The van der Waals surface area contributed by atoms with E-state index in [-0.39, 0.29) is 0 Å². The minimum Gasteiger partial charge on any atom is -0.497 e. The number of fused-ring (bicyclic) bond motifs is 1. The van der Waals surface area contributed by atoms with Crippen LogP contribution in [0.1, 0.15) is 5.56 Å². The van der Waals surface area contributed by atoms with Crippen LogP contribution in [0, 0.1) is 0 Å². The van der Waals surface area contributed by atoms with Gasteiger partial charge in [0.1, 0.15) is 19.0 Å². The molecule has 0 bridgehead atoms. The summed E-state index contributed by atoms with van der Waals surface area (Å²) in [5.41, 5.74) is 2.02. The second kappa shape index (κ2) is 8.43. The highest BCUT2D eigenvalue weighted by Crippen LogP contribution is 2.33. The maximum absolute atomic E-state index is 5.59. The minimum absolute atomic E-state index is 0.408. The number of aromatic nitrogens is 3. The molecule has 0 spiro atoms. The molecule has 3 aromatic rings. The summed E-state index contributed by atoms with van der Waals surface area (Å²) in [4.78, 5) is 4.45. The summed E-state index contributed by atoms with van der Waals surface area (Å²) in [5, 5.41) is 14.4. The molecular formula is C20H21N5O3. The SMILES string of the molecule is COc1ccc(CCNc2cnnc(Nc3ccc4c(c3)OCCO4)n2)cc1. The van der Waals surface area contributed by atoms with Crippen molar-refractivity contribution >= 4 is 17.5 Å². The van der Waals surface area contributed by atoms with Gasteiger partial charge in [-0.15, -0.1) is 5.10 Å². The van der Waals surface area contributed by atoms with E-state index in [1.54, 1.807) is 13.3 Å². The Morgan fingerprint density at radius 3 is 2.68 bits per heavy atom. The molecule has 8 heteroatoms. The monoisotopic (exact) mass is 379 g/mol. The second-order valence-electron chi connectivity index (χ2n) is 6.17. The fourth-order valence-electron chi connectivity index (χ4n) is 2.82. The Morgan fingerprint density at radius 1 is 1.04 bits per heavy atom. The van der Waals surface area contributed by atoms with E-state index in [0.717, 1.165) is 30.2 Å². The lowest BCUT2D eigenvalue weighted by molar-refractivity contribution is 0.171. The largest absolute Gasteiger partial charge is 0.497 e. The van der Waals surface area contributed by atoms with Crippen LogP contribution in [-0.2, 0) is 6.42 Å². The highest BCUT2D eigenvalue weighted by Gasteiger charge is 2.12. The predicted molar refractivity (Wildman–Crippen MR) is 106 cm³/mol. The van der Waals surface area contributed by atoms with Gasteiger partial charge in [0.25, 0.3) is 0 Å². The van der Waals surface area contributed by atoms with Crippen LogP contribution >= 0.6 is 0 Å². The normalized spacial score (nSPS) is 12.3. The number of nitrogens with one attached hydrogen (secondary N) is 2. The van der Waals surface area contributed by atoms with Crippen molar-refractivity contribution in [3.05, 3.63) is 54.2 Å². The topological polar surface area (TPSA) is 90.4 Å². The first-order valence-electron chi connectivity index (χ1n) is 9.03. The lowest BCUT2D eigenvalue weighted by atomic mass is 10.1. The van der Waals surface area contributed by atoms with Crippen LogP contribution in [0.3, 0.4) is 0 Å². The Morgan fingerprint density at radius 2 is 1.86 bits per heavy atom. The Labute approximate surface area is 162 Å². The molecule has 0 saturated heterocycles. The van der Waals surface area contributed by atoms with Gasteiger partial charge in [0.2, 0.25) is 5.95 Å². The van der Waals surface area contributed by atoms with E-state index >= 15 is 0 Å². The molecule has 8 nitrogen and oxygen atoms in total. The first-order valence-corrected chi connectivity index (χ1v) is 9.03. The van der Waals surface area contributed by atoms with E-state index in [0.29, 0.717) is 30.7 Å². The van der Waals surface area contributed by atoms with Gasteiger partial charge in [-0.25, -0.2) is 0 Å². The Balaban J connectivity index is 1.35. The summed E-state index contributed by atoms with van der Waals surface area (Å²) in [6.07, 6.45) is 2.46. The number of nitrogens with zero attached hydrogens (tertiary/aromatic N) is 3. The van der Waals surface area contributed by atoms with Crippen molar-refractivity contribution in [2.45, 2.75) is 6.42 Å². The molecule has 0 radical (unpaired) electrons. The standard InChI is InChI=1S/C20H21N5O3/c1-26-16-5-2-14(3-6-16)8-9-21-19-13-22-25-20(24-19)23-15-4-7-17-18(12-15)28-11-10-27-17/h2-7,12-13H,8-11H2,1H3,(H2,21,23,24,25). The molecule has 1 aromatic heterocycles. The summed E-state index contributed by atoms with van der Waals surface area (Å²) in [7, 11) is 1.66. The molecule has 0 unspecified atom stereocenters.